The molecule has 30 heavy (non-hydrogen) atoms. The van der Waals surface area contributed by atoms with Gasteiger partial charge in [-0.05, 0) is 12.1 Å². The zero-order valence-corrected chi connectivity index (χ0v) is 16.2. The SMILES string of the molecule is CC(=O)Nc1cc(F)c(F)cc1NC(=O)CCC(=O)N(CCC#N)c1ccccc1. The Morgan fingerprint density at radius 3 is 2.17 bits per heavy atom. The number of carbonyl (C=O) groups excluding carboxylic acids is 3. The molecule has 2 aromatic rings. The third kappa shape index (κ3) is 6.38. The van der Waals surface area contributed by atoms with Gasteiger partial charge in [-0.1, -0.05) is 18.2 Å². The second kappa shape index (κ2) is 10.7. The van der Waals surface area contributed by atoms with Crippen molar-refractivity contribution in [1.82, 2.24) is 0 Å². The first-order valence-corrected chi connectivity index (χ1v) is 9.10. The number of nitrogens with one attached hydrogen (secondary N) is 2. The molecule has 0 aliphatic rings. The zero-order valence-electron chi connectivity index (χ0n) is 16.2. The molecule has 0 spiro atoms. The maximum atomic E-state index is 13.5. The van der Waals surface area contributed by atoms with E-state index in [-0.39, 0.29) is 43.1 Å². The highest BCUT2D eigenvalue weighted by atomic mass is 19.2. The van der Waals surface area contributed by atoms with Crippen LogP contribution in [0.1, 0.15) is 26.2 Å². The lowest BCUT2D eigenvalue weighted by Crippen LogP contribution is -2.32. The molecule has 0 atom stereocenters. The number of halogens is 2. The predicted octanol–water partition coefficient (Wildman–Crippen LogP) is 3.59. The Labute approximate surface area is 172 Å². The van der Waals surface area contributed by atoms with Crippen molar-refractivity contribution in [2.45, 2.75) is 26.2 Å². The Hall–Kier alpha value is -3.80. The Bertz CT molecular complexity index is 974. The molecule has 0 heterocycles. The highest BCUT2D eigenvalue weighted by Crippen LogP contribution is 2.25. The molecule has 156 valence electrons. The molecule has 0 saturated carbocycles. The van der Waals surface area contributed by atoms with Gasteiger partial charge >= 0.3 is 0 Å². The first-order valence-electron chi connectivity index (χ1n) is 9.10. The number of nitriles is 1. The lowest BCUT2D eigenvalue weighted by Gasteiger charge is -2.21. The van der Waals surface area contributed by atoms with E-state index in [9.17, 15) is 23.2 Å². The number of hydrogen-bond acceptors (Lipinski definition) is 4. The minimum atomic E-state index is -1.19. The number of hydrogen-bond donors (Lipinski definition) is 2. The quantitative estimate of drug-likeness (QED) is 0.689. The number of para-hydroxylation sites is 1. The van der Waals surface area contributed by atoms with Crippen molar-refractivity contribution >= 4 is 34.8 Å². The van der Waals surface area contributed by atoms with Gasteiger partial charge in [0.2, 0.25) is 17.7 Å². The van der Waals surface area contributed by atoms with Gasteiger partial charge in [-0.3, -0.25) is 14.4 Å². The van der Waals surface area contributed by atoms with Gasteiger partial charge in [-0.25, -0.2) is 8.78 Å². The van der Waals surface area contributed by atoms with Crippen molar-refractivity contribution in [2.24, 2.45) is 0 Å². The molecule has 0 fully saturated rings. The molecule has 0 aliphatic heterocycles. The summed E-state index contributed by atoms with van der Waals surface area (Å²) in [5, 5.41) is 13.5. The van der Waals surface area contributed by atoms with Crippen LogP contribution in [0, 0.1) is 23.0 Å². The van der Waals surface area contributed by atoms with Crippen LogP contribution in [0.2, 0.25) is 0 Å². The van der Waals surface area contributed by atoms with Crippen molar-refractivity contribution in [1.29, 1.82) is 5.26 Å². The minimum Gasteiger partial charge on any atom is -0.324 e. The molecule has 0 saturated heterocycles. The van der Waals surface area contributed by atoms with Gasteiger partial charge in [0.25, 0.3) is 0 Å². The van der Waals surface area contributed by atoms with E-state index in [1.165, 1.54) is 11.8 Å². The van der Waals surface area contributed by atoms with E-state index >= 15 is 0 Å². The highest BCUT2D eigenvalue weighted by molar-refractivity contribution is 6.01. The number of carbonyl (C=O) groups is 3. The second-order valence-electron chi connectivity index (χ2n) is 6.33. The van der Waals surface area contributed by atoms with Crippen LogP contribution in [0.4, 0.5) is 25.8 Å². The molecule has 0 bridgehead atoms. The van der Waals surface area contributed by atoms with Crippen LogP contribution in [0.25, 0.3) is 0 Å². The monoisotopic (exact) mass is 414 g/mol. The zero-order chi connectivity index (χ0) is 22.1. The number of anilines is 3. The number of benzene rings is 2. The van der Waals surface area contributed by atoms with Crippen molar-refractivity contribution in [2.75, 3.05) is 22.1 Å². The van der Waals surface area contributed by atoms with Gasteiger partial charge < -0.3 is 15.5 Å². The molecule has 0 aromatic heterocycles. The molecule has 2 rings (SSSR count). The molecule has 9 heteroatoms. The normalized spacial score (nSPS) is 10.1. The fourth-order valence-corrected chi connectivity index (χ4v) is 2.68. The lowest BCUT2D eigenvalue weighted by molar-refractivity contribution is -0.122. The summed E-state index contributed by atoms with van der Waals surface area (Å²) in [7, 11) is 0. The molecule has 3 amide bonds. The topological polar surface area (TPSA) is 102 Å². The molecule has 7 nitrogen and oxygen atoms in total. The summed E-state index contributed by atoms with van der Waals surface area (Å²) in [6.45, 7) is 1.36. The number of nitrogens with zero attached hydrogens (tertiary/aromatic N) is 2. The van der Waals surface area contributed by atoms with Crippen LogP contribution >= 0.6 is 0 Å². The summed E-state index contributed by atoms with van der Waals surface area (Å²) in [6, 6.07) is 12.2. The van der Waals surface area contributed by atoms with Gasteiger partial charge in [-0.15, -0.1) is 0 Å². The van der Waals surface area contributed by atoms with E-state index in [1.807, 2.05) is 6.07 Å². The first-order chi connectivity index (χ1) is 14.3. The van der Waals surface area contributed by atoms with E-state index in [0.717, 1.165) is 12.1 Å². The summed E-state index contributed by atoms with van der Waals surface area (Å²) < 4.78 is 27.0. The molecular weight excluding hydrogens is 394 g/mol. The van der Waals surface area contributed by atoms with Crippen LogP contribution in [-0.2, 0) is 14.4 Å². The summed E-state index contributed by atoms with van der Waals surface area (Å²) >= 11 is 0. The van der Waals surface area contributed by atoms with E-state index in [0.29, 0.717) is 5.69 Å². The number of amides is 3. The second-order valence-corrected chi connectivity index (χ2v) is 6.33. The molecule has 0 aliphatic carbocycles. The van der Waals surface area contributed by atoms with Gasteiger partial charge in [0.15, 0.2) is 11.6 Å². The molecular formula is C21H20F2N4O3. The molecule has 0 unspecified atom stereocenters. The number of rotatable bonds is 8. The highest BCUT2D eigenvalue weighted by Gasteiger charge is 2.18. The Balaban J connectivity index is 2.06. The Morgan fingerprint density at radius 1 is 1.00 bits per heavy atom. The summed E-state index contributed by atoms with van der Waals surface area (Å²) in [4.78, 5) is 37.5. The Morgan fingerprint density at radius 2 is 1.60 bits per heavy atom. The first kappa shape index (κ1) is 22.5. The van der Waals surface area contributed by atoms with Gasteiger partial charge in [-0.2, -0.15) is 5.26 Å². The van der Waals surface area contributed by atoms with Crippen LogP contribution in [-0.4, -0.2) is 24.3 Å². The summed E-state index contributed by atoms with van der Waals surface area (Å²) in [5.74, 6) is -3.87. The molecule has 2 N–H and O–H groups in total. The smallest absolute Gasteiger partial charge is 0.227 e. The predicted molar refractivity (Wildman–Crippen MR) is 108 cm³/mol. The minimum absolute atomic E-state index is 0.0963. The van der Waals surface area contributed by atoms with Crippen molar-refractivity contribution in [3.63, 3.8) is 0 Å². The van der Waals surface area contributed by atoms with Crippen LogP contribution < -0.4 is 15.5 Å². The summed E-state index contributed by atoms with van der Waals surface area (Å²) in [6.07, 6.45) is -0.264. The Kier molecular flexibility index (Phi) is 7.99. The standard InChI is InChI=1S/C21H20F2N4O3/c1-14(28)25-18-12-16(22)17(23)13-19(18)26-20(29)8-9-21(30)27(11-5-10-24)15-6-3-2-4-7-15/h2-4,6-7,12-13H,5,8-9,11H2,1H3,(H,25,28)(H,26,29). The maximum absolute atomic E-state index is 13.5. The van der Waals surface area contributed by atoms with Crippen LogP contribution in [0.15, 0.2) is 42.5 Å². The van der Waals surface area contributed by atoms with Crippen molar-refractivity contribution < 1.29 is 23.2 Å². The van der Waals surface area contributed by atoms with E-state index in [4.69, 9.17) is 5.26 Å². The average molecular weight is 414 g/mol. The van der Waals surface area contributed by atoms with Gasteiger partial charge in [0, 0.05) is 44.1 Å². The molecule has 2 aromatic carbocycles. The average Bonchev–Trinajstić information content (AvgIpc) is 2.71. The summed E-state index contributed by atoms with van der Waals surface area (Å²) in [5.41, 5.74) is 0.388. The third-order valence-electron chi connectivity index (χ3n) is 4.03. The van der Waals surface area contributed by atoms with Crippen LogP contribution in [0.5, 0.6) is 0 Å². The van der Waals surface area contributed by atoms with Crippen molar-refractivity contribution in [3.8, 4) is 6.07 Å². The van der Waals surface area contributed by atoms with Crippen molar-refractivity contribution in [3.05, 3.63) is 54.1 Å². The van der Waals surface area contributed by atoms with Gasteiger partial charge in [0.05, 0.1) is 23.9 Å². The molecule has 0 radical (unpaired) electrons. The van der Waals surface area contributed by atoms with E-state index in [1.54, 1.807) is 30.3 Å². The third-order valence-corrected chi connectivity index (χ3v) is 4.03. The lowest BCUT2D eigenvalue weighted by atomic mass is 10.2. The largest absolute Gasteiger partial charge is 0.324 e. The maximum Gasteiger partial charge on any atom is 0.227 e. The fourth-order valence-electron chi connectivity index (χ4n) is 2.68. The van der Waals surface area contributed by atoms with Crippen LogP contribution in [0.3, 0.4) is 0 Å². The van der Waals surface area contributed by atoms with E-state index < -0.39 is 23.4 Å². The van der Waals surface area contributed by atoms with Gasteiger partial charge in [0.1, 0.15) is 0 Å². The fraction of sp³-hybridized carbons (Fsp3) is 0.238. The van der Waals surface area contributed by atoms with E-state index in [2.05, 4.69) is 10.6 Å².